The fraction of sp³-hybridized carbons (Fsp3) is 0.647. The molecule has 1 aliphatic rings. The monoisotopic (exact) mass is 335 g/mol. The molecule has 0 N–H and O–H groups in total. The van der Waals surface area contributed by atoms with Crippen molar-refractivity contribution in [2.45, 2.75) is 52.8 Å². The summed E-state index contributed by atoms with van der Waals surface area (Å²) in [5.74, 6) is 1.99. The number of aromatic nitrogens is 2. The van der Waals surface area contributed by atoms with Gasteiger partial charge in [0.25, 0.3) is 5.89 Å². The largest absolute Gasteiger partial charge is 0.368 e. The molecule has 5 nitrogen and oxygen atoms in total. The molecule has 0 unspecified atom stereocenters. The van der Waals surface area contributed by atoms with Gasteiger partial charge in [0.15, 0.2) is 5.82 Å². The van der Waals surface area contributed by atoms with E-state index in [9.17, 15) is 0 Å². The van der Waals surface area contributed by atoms with Crippen molar-refractivity contribution in [2.24, 2.45) is 5.92 Å². The fourth-order valence-electron chi connectivity index (χ4n) is 2.91. The molecule has 0 spiro atoms. The van der Waals surface area contributed by atoms with Gasteiger partial charge in [0, 0.05) is 24.6 Å². The van der Waals surface area contributed by atoms with E-state index in [-0.39, 0.29) is 6.10 Å². The zero-order valence-electron chi connectivity index (χ0n) is 14.1. The number of ether oxygens (including phenoxy) is 1. The van der Waals surface area contributed by atoms with Crippen LogP contribution in [0.1, 0.15) is 54.9 Å². The van der Waals surface area contributed by atoms with E-state index >= 15 is 0 Å². The van der Waals surface area contributed by atoms with Crippen LogP contribution >= 0.6 is 11.3 Å². The quantitative estimate of drug-likeness (QED) is 0.767. The summed E-state index contributed by atoms with van der Waals surface area (Å²) in [7, 11) is 0. The average molecular weight is 335 g/mol. The molecule has 126 valence electrons. The zero-order valence-corrected chi connectivity index (χ0v) is 14.9. The van der Waals surface area contributed by atoms with Crippen LogP contribution in [0.4, 0.5) is 0 Å². The minimum atomic E-state index is -0.00524. The number of hydrogen-bond acceptors (Lipinski definition) is 6. The van der Waals surface area contributed by atoms with Gasteiger partial charge in [-0.3, -0.25) is 4.90 Å². The van der Waals surface area contributed by atoms with Gasteiger partial charge in [0.2, 0.25) is 0 Å². The van der Waals surface area contributed by atoms with Gasteiger partial charge in [-0.1, -0.05) is 19.0 Å². The number of rotatable bonds is 7. The van der Waals surface area contributed by atoms with Crippen molar-refractivity contribution >= 4 is 11.3 Å². The van der Waals surface area contributed by atoms with Crippen molar-refractivity contribution in [2.75, 3.05) is 13.2 Å². The third-order valence-electron chi connectivity index (χ3n) is 4.01. The summed E-state index contributed by atoms with van der Waals surface area (Å²) in [4.78, 5) is 8.36. The molecule has 1 atom stereocenters. The first kappa shape index (κ1) is 16.6. The molecule has 1 fully saturated rings. The first-order chi connectivity index (χ1) is 11.1. The van der Waals surface area contributed by atoms with Crippen LogP contribution in [0, 0.1) is 12.8 Å². The van der Waals surface area contributed by atoms with Crippen molar-refractivity contribution in [3.63, 3.8) is 0 Å². The molecule has 23 heavy (non-hydrogen) atoms. The summed E-state index contributed by atoms with van der Waals surface area (Å²) in [6.07, 6.45) is 2.04. The lowest BCUT2D eigenvalue weighted by molar-refractivity contribution is 0.0835. The van der Waals surface area contributed by atoms with Crippen molar-refractivity contribution in [1.29, 1.82) is 0 Å². The highest BCUT2D eigenvalue weighted by molar-refractivity contribution is 7.10. The predicted molar refractivity (Wildman–Crippen MR) is 90.2 cm³/mol. The molecular weight excluding hydrogens is 310 g/mol. The van der Waals surface area contributed by atoms with E-state index in [1.54, 1.807) is 0 Å². The molecule has 3 rings (SSSR count). The molecular formula is C17H25N3O2S. The molecule has 1 aliphatic heterocycles. The Morgan fingerprint density at radius 2 is 2.26 bits per heavy atom. The highest BCUT2D eigenvalue weighted by Gasteiger charge is 2.24. The highest BCUT2D eigenvalue weighted by atomic mass is 32.1. The van der Waals surface area contributed by atoms with Gasteiger partial charge in [-0.05, 0) is 42.7 Å². The first-order valence-electron chi connectivity index (χ1n) is 8.31. The van der Waals surface area contributed by atoms with Gasteiger partial charge in [0.05, 0.1) is 6.54 Å². The van der Waals surface area contributed by atoms with Gasteiger partial charge in [-0.25, -0.2) is 0 Å². The van der Waals surface area contributed by atoms with Crippen LogP contribution in [0.5, 0.6) is 0 Å². The normalized spacial score (nSPS) is 18.4. The summed E-state index contributed by atoms with van der Waals surface area (Å²) in [5.41, 5.74) is 1.36. The molecule has 2 aromatic heterocycles. The number of thiophene rings is 1. The number of aryl methyl sites for hydroxylation is 1. The van der Waals surface area contributed by atoms with E-state index in [1.165, 1.54) is 10.4 Å². The van der Waals surface area contributed by atoms with E-state index in [0.29, 0.717) is 18.4 Å². The maximum absolute atomic E-state index is 5.61. The van der Waals surface area contributed by atoms with Crippen molar-refractivity contribution in [3.8, 4) is 0 Å². The van der Waals surface area contributed by atoms with Gasteiger partial charge in [0.1, 0.15) is 6.10 Å². The molecule has 3 heterocycles. The smallest absolute Gasteiger partial charge is 0.255 e. The molecule has 2 aromatic rings. The van der Waals surface area contributed by atoms with Gasteiger partial charge >= 0.3 is 0 Å². The Balaban J connectivity index is 1.66. The molecule has 0 radical (unpaired) electrons. The molecule has 0 amide bonds. The van der Waals surface area contributed by atoms with Crippen LogP contribution in [0.25, 0.3) is 0 Å². The predicted octanol–water partition coefficient (Wildman–Crippen LogP) is 3.95. The van der Waals surface area contributed by atoms with Crippen LogP contribution in [0.2, 0.25) is 0 Å². The fourth-order valence-corrected chi connectivity index (χ4v) is 3.85. The molecule has 0 bridgehead atoms. The first-order valence-corrected chi connectivity index (χ1v) is 9.19. The summed E-state index contributed by atoms with van der Waals surface area (Å²) < 4.78 is 11.0. The third-order valence-corrected chi connectivity index (χ3v) is 5.02. The zero-order chi connectivity index (χ0) is 16.2. The maximum atomic E-state index is 5.61. The van der Waals surface area contributed by atoms with Crippen LogP contribution in [0.15, 0.2) is 16.0 Å². The van der Waals surface area contributed by atoms with Crippen molar-refractivity contribution in [3.05, 3.63) is 33.6 Å². The summed E-state index contributed by atoms with van der Waals surface area (Å²) in [6, 6.07) is 2.18. The van der Waals surface area contributed by atoms with E-state index < -0.39 is 0 Å². The van der Waals surface area contributed by atoms with Crippen molar-refractivity contribution in [1.82, 2.24) is 15.0 Å². The highest BCUT2D eigenvalue weighted by Crippen LogP contribution is 2.27. The topological polar surface area (TPSA) is 51.4 Å². The van der Waals surface area contributed by atoms with E-state index in [2.05, 4.69) is 47.3 Å². The Morgan fingerprint density at radius 1 is 1.39 bits per heavy atom. The van der Waals surface area contributed by atoms with Gasteiger partial charge < -0.3 is 9.26 Å². The summed E-state index contributed by atoms with van der Waals surface area (Å²) in [6.45, 7) is 10.1. The lowest BCUT2D eigenvalue weighted by atomic mass is 10.2. The van der Waals surface area contributed by atoms with Crippen LogP contribution < -0.4 is 0 Å². The van der Waals surface area contributed by atoms with E-state index in [4.69, 9.17) is 9.26 Å². The Morgan fingerprint density at radius 3 is 2.91 bits per heavy atom. The van der Waals surface area contributed by atoms with Crippen LogP contribution in [0.3, 0.4) is 0 Å². The van der Waals surface area contributed by atoms with Gasteiger partial charge in [-0.2, -0.15) is 4.98 Å². The Kier molecular flexibility index (Phi) is 5.46. The molecule has 0 aromatic carbocycles. The standard InChI is InChI=1S/C17H25N3O2S/c1-12(2)9-20(10-15-13(3)6-8-23-15)11-16-18-17(22-19-16)14-5-4-7-21-14/h6,8,12,14H,4-5,7,9-11H2,1-3H3/t14-/m1/s1. The SMILES string of the molecule is Cc1ccsc1CN(Cc1noc([C@H]2CCCO2)n1)CC(C)C. The van der Waals surface area contributed by atoms with E-state index in [0.717, 1.165) is 38.4 Å². The van der Waals surface area contributed by atoms with Crippen LogP contribution in [-0.2, 0) is 17.8 Å². The molecule has 6 heteroatoms. The second-order valence-electron chi connectivity index (χ2n) is 6.64. The third kappa shape index (κ3) is 4.40. The Hall–Kier alpha value is -1.24. The van der Waals surface area contributed by atoms with Crippen molar-refractivity contribution < 1.29 is 9.26 Å². The molecule has 1 saturated heterocycles. The summed E-state index contributed by atoms with van der Waals surface area (Å²) in [5, 5.41) is 6.31. The minimum absolute atomic E-state index is 0.00524. The summed E-state index contributed by atoms with van der Waals surface area (Å²) >= 11 is 1.82. The van der Waals surface area contributed by atoms with Crippen LogP contribution in [-0.4, -0.2) is 28.2 Å². The number of nitrogens with zero attached hydrogens (tertiary/aromatic N) is 3. The van der Waals surface area contributed by atoms with Gasteiger partial charge in [-0.15, -0.1) is 11.3 Å². The molecule has 0 saturated carbocycles. The lowest BCUT2D eigenvalue weighted by Gasteiger charge is -2.22. The average Bonchev–Trinajstić information content (AvgIpc) is 3.21. The second-order valence-corrected chi connectivity index (χ2v) is 7.64. The molecule has 0 aliphatic carbocycles. The Bertz CT molecular complexity index is 617. The minimum Gasteiger partial charge on any atom is -0.368 e. The lowest BCUT2D eigenvalue weighted by Crippen LogP contribution is -2.27. The number of hydrogen-bond donors (Lipinski definition) is 0. The second kappa shape index (κ2) is 7.55. The Labute approximate surface area is 141 Å². The maximum Gasteiger partial charge on any atom is 0.255 e. The van der Waals surface area contributed by atoms with E-state index in [1.807, 2.05) is 11.3 Å².